The Labute approximate surface area is 143 Å². The summed E-state index contributed by atoms with van der Waals surface area (Å²) < 4.78 is 0. The van der Waals surface area contributed by atoms with Crippen LogP contribution in [-0.4, -0.2) is 30.9 Å². The normalized spacial score (nSPS) is 20.5. The summed E-state index contributed by atoms with van der Waals surface area (Å²) in [6, 6.07) is 16.6. The highest BCUT2D eigenvalue weighted by Crippen LogP contribution is 2.30. The van der Waals surface area contributed by atoms with Crippen LogP contribution in [0.4, 0.5) is 0 Å². The van der Waals surface area contributed by atoms with Gasteiger partial charge in [0.2, 0.25) is 0 Å². The van der Waals surface area contributed by atoms with E-state index in [0.29, 0.717) is 5.56 Å². The molecule has 1 aliphatic carbocycles. The summed E-state index contributed by atoms with van der Waals surface area (Å²) in [5.41, 5.74) is 10.9. The van der Waals surface area contributed by atoms with Crippen LogP contribution in [0.25, 0.3) is 0 Å². The van der Waals surface area contributed by atoms with Crippen LogP contribution in [0, 0.1) is 0 Å². The summed E-state index contributed by atoms with van der Waals surface area (Å²) in [4.78, 5) is 13.6. The summed E-state index contributed by atoms with van der Waals surface area (Å²) in [5.74, 6) is 0.0235. The molecule has 3 N–H and O–H groups in total. The van der Waals surface area contributed by atoms with Crippen LogP contribution in [0.15, 0.2) is 48.5 Å². The molecule has 0 radical (unpaired) electrons. The Kier molecular flexibility index (Phi) is 4.69. The molecule has 0 bridgehead atoms. The van der Waals surface area contributed by atoms with E-state index in [0.717, 1.165) is 12.0 Å². The zero-order valence-electron chi connectivity index (χ0n) is 14.5. The molecule has 1 amide bonds. The minimum absolute atomic E-state index is 0.0235. The number of fused-ring (bicyclic) bond motifs is 1. The van der Waals surface area contributed by atoms with Gasteiger partial charge >= 0.3 is 0 Å². The molecule has 3 rings (SSSR count). The van der Waals surface area contributed by atoms with E-state index in [1.807, 2.05) is 30.3 Å². The molecule has 3 atom stereocenters. The van der Waals surface area contributed by atoms with Crippen LogP contribution in [0.5, 0.6) is 0 Å². The average Bonchev–Trinajstić information content (AvgIpc) is 2.90. The number of nitrogens with zero attached hydrogens (tertiary/aromatic N) is 1. The molecule has 0 aromatic heterocycles. The molecule has 0 fully saturated rings. The average molecular weight is 323 g/mol. The van der Waals surface area contributed by atoms with E-state index in [2.05, 4.69) is 30.4 Å². The zero-order valence-corrected chi connectivity index (χ0v) is 14.5. The number of carbonyl (C=O) groups is 1. The summed E-state index contributed by atoms with van der Waals surface area (Å²) >= 11 is 0. The summed E-state index contributed by atoms with van der Waals surface area (Å²) in [6.07, 6.45) is 0.957. The Morgan fingerprint density at radius 2 is 1.83 bits per heavy atom. The first kappa shape index (κ1) is 16.7. The topological polar surface area (TPSA) is 58.4 Å². The lowest BCUT2D eigenvalue weighted by molar-refractivity contribution is 0.0827. The van der Waals surface area contributed by atoms with Crippen molar-refractivity contribution < 1.29 is 4.79 Å². The number of hydrogen-bond donors (Lipinski definition) is 2. The highest BCUT2D eigenvalue weighted by molar-refractivity contribution is 5.93. The van der Waals surface area contributed by atoms with Gasteiger partial charge in [0.15, 0.2) is 0 Å². The fraction of sp³-hybridized carbons (Fsp3) is 0.350. The first-order valence-electron chi connectivity index (χ1n) is 8.38. The molecule has 0 saturated heterocycles. The molecular weight excluding hydrogens is 298 g/mol. The van der Waals surface area contributed by atoms with Gasteiger partial charge in [-0.25, -0.2) is 0 Å². The highest BCUT2D eigenvalue weighted by Gasteiger charge is 2.30. The van der Waals surface area contributed by atoms with Gasteiger partial charge < -0.3 is 16.0 Å². The van der Waals surface area contributed by atoms with Gasteiger partial charge in [0.1, 0.15) is 0 Å². The fourth-order valence-corrected chi connectivity index (χ4v) is 3.38. The molecule has 24 heavy (non-hydrogen) atoms. The SMILES string of the molecule is CC(N[C@@H]1Cc2ccccc2[C@H]1N)c1ccc(C(=O)N(C)C)cc1. The van der Waals surface area contributed by atoms with E-state index in [9.17, 15) is 4.79 Å². The third-order valence-corrected chi connectivity index (χ3v) is 4.82. The summed E-state index contributed by atoms with van der Waals surface area (Å²) in [7, 11) is 3.53. The molecule has 0 aliphatic heterocycles. The first-order chi connectivity index (χ1) is 11.5. The van der Waals surface area contributed by atoms with Gasteiger partial charge in [-0.15, -0.1) is 0 Å². The maximum Gasteiger partial charge on any atom is 0.253 e. The third-order valence-electron chi connectivity index (χ3n) is 4.82. The van der Waals surface area contributed by atoms with Gasteiger partial charge in [0.25, 0.3) is 5.91 Å². The quantitative estimate of drug-likeness (QED) is 0.909. The lowest BCUT2D eigenvalue weighted by Gasteiger charge is -2.23. The molecule has 4 heteroatoms. The standard InChI is InChI=1S/C20H25N3O/c1-13(14-8-10-15(11-9-14)20(24)23(2)3)22-18-12-16-6-4-5-7-17(16)19(18)21/h4-11,13,18-19,22H,12,21H2,1-3H3/t13?,18-,19-/m1/s1. The number of carbonyl (C=O) groups excluding carboxylic acids is 1. The largest absolute Gasteiger partial charge is 0.345 e. The van der Waals surface area contributed by atoms with Crippen LogP contribution >= 0.6 is 0 Å². The van der Waals surface area contributed by atoms with Gasteiger partial charge in [-0.2, -0.15) is 0 Å². The number of amides is 1. The van der Waals surface area contributed by atoms with E-state index < -0.39 is 0 Å². The van der Waals surface area contributed by atoms with Crippen molar-refractivity contribution >= 4 is 5.91 Å². The van der Waals surface area contributed by atoms with Crippen molar-refractivity contribution in [3.8, 4) is 0 Å². The van der Waals surface area contributed by atoms with Crippen LogP contribution in [0.2, 0.25) is 0 Å². The Balaban J connectivity index is 1.68. The zero-order chi connectivity index (χ0) is 17.3. The van der Waals surface area contributed by atoms with Crippen molar-refractivity contribution in [2.75, 3.05) is 14.1 Å². The number of nitrogens with one attached hydrogen (secondary N) is 1. The van der Waals surface area contributed by atoms with Gasteiger partial charge in [-0.3, -0.25) is 4.79 Å². The van der Waals surface area contributed by atoms with Crippen molar-refractivity contribution in [2.24, 2.45) is 5.73 Å². The molecule has 126 valence electrons. The molecule has 0 heterocycles. The fourth-order valence-electron chi connectivity index (χ4n) is 3.38. The molecule has 2 aromatic carbocycles. The minimum Gasteiger partial charge on any atom is -0.345 e. The second-order valence-electron chi connectivity index (χ2n) is 6.75. The molecule has 1 unspecified atom stereocenters. The first-order valence-corrected chi connectivity index (χ1v) is 8.38. The monoisotopic (exact) mass is 323 g/mol. The Hall–Kier alpha value is -2.17. The van der Waals surface area contributed by atoms with Crippen molar-refractivity contribution in [3.63, 3.8) is 0 Å². The Morgan fingerprint density at radius 1 is 1.17 bits per heavy atom. The van der Waals surface area contributed by atoms with Gasteiger partial charge in [0.05, 0.1) is 0 Å². The predicted molar refractivity (Wildman–Crippen MR) is 96.9 cm³/mol. The number of benzene rings is 2. The lowest BCUT2D eigenvalue weighted by Crippen LogP contribution is -2.38. The van der Waals surface area contributed by atoms with Crippen molar-refractivity contribution in [1.82, 2.24) is 10.2 Å². The lowest BCUT2D eigenvalue weighted by atomic mass is 10.0. The second kappa shape index (κ2) is 6.75. The van der Waals surface area contributed by atoms with Gasteiger partial charge in [0, 0.05) is 37.8 Å². The minimum atomic E-state index is 0.0235. The second-order valence-corrected chi connectivity index (χ2v) is 6.75. The van der Waals surface area contributed by atoms with Crippen LogP contribution < -0.4 is 11.1 Å². The molecule has 1 aliphatic rings. The number of rotatable bonds is 4. The maximum atomic E-state index is 12.0. The van der Waals surface area contributed by atoms with E-state index in [-0.39, 0.29) is 24.0 Å². The Morgan fingerprint density at radius 3 is 2.46 bits per heavy atom. The molecule has 4 nitrogen and oxygen atoms in total. The molecule has 2 aromatic rings. The van der Waals surface area contributed by atoms with E-state index >= 15 is 0 Å². The van der Waals surface area contributed by atoms with Crippen molar-refractivity contribution in [3.05, 3.63) is 70.8 Å². The van der Waals surface area contributed by atoms with Crippen LogP contribution in [-0.2, 0) is 6.42 Å². The number of hydrogen-bond acceptors (Lipinski definition) is 3. The number of nitrogens with two attached hydrogens (primary N) is 1. The van der Waals surface area contributed by atoms with Crippen molar-refractivity contribution in [2.45, 2.75) is 31.5 Å². The molecule has 0 spiro atoms. The highest BCUT2D eigenvalue weighted by atomic mass is 16.2. The smallest absolute Gasteiger partial charge is 0.253 e. The maximum absolute atomic E-state index is 12.0. The third kappa shape index (κ3) is 3.21. The van der Waals surface area contributed by atoms with Gasteiger partial charge in [-0.05, 0) is 42.2 Å². The Bertz CT molecular complexity index is 724. The van der Waals surface area contributed by atoms with Gasteiger partial charge in [-0.1, -0.05) is 36.4 Å². The van der Waals surface area contributed by atoms with E-state index in [4.69, 9.17) is 5.73 Å². The predicted octanol–water partition coefficient (Wildman–Crippen LogP) is 2.66. The molecular formula is C20H25N3O. The summed E-state index contributed by atoms with van der Waals surface area (Å²) in [5, 5.41) is 3.64. The van der Waals surface area contributed by atoms with E-state index in [1.54, 1.807) is 19.0 Å². The van der Waals surface area contributed by atoms with Crippen molar-refractivity contribution in [1.29, 1.82) is 0 Å². The van der Waals surface area contributed by atoms with Crippen LogP contribution in [0.1, 0.15) is 46.1 Å². The molecule has 0 saturated carbocycles. The summed E-state index contributed by atoms with van der Waals surface area (Å²) in [6.45, 7) is 2.14. The van der Waals surface area contributed by atoms with Crippen LogP contribution in [0.3, 0.4) is 0 Å². The van der Waals surface area contributed by atoms with E-state index in [1.165, 1.54) is 11.1 Å².